The molecule has 31 heavy (non-hydrogen) atoms. The number of hydrogen-bond acceptors (Lipinski definition) is 3. The van der Waals surface area contributed by atoms with Crippen molar-refractivity contribution < 1.29 is 9.21 Å². The minimum Gasteiger partial charge on any atom is -0.456 e. The lowest BCUT2D eigenvalue weighted by molar-refractivity contribution is 0.0995. The average molecular weight is 419 g/mol. The maximum absolute atomic E-state index is 12.7. The highest BCUT2D eigenvalue weighted by Gasteiger charge is 2.16. The van der Waals surface area contributed by atoms with Gasteiger partial charge < -0.3 is 14.6 Å². The van der Waals surface area contributed by atoms with Crippen LogP contribution in [0.25, 0.3) is 0 Å². The molecule has 0 saturated heterocycles. The summed E-state index contributed by atoms with van der Waals surface area (Å²) in [6.45, 7) is 17.0. The lowest BCUT2D eigenvalue weighted by atomic mass is 9.88. The summed E-state index contributed by atoms with van der Waals surface area (Å²) < 4.78 is 5.92. The van der Waals surface area contributed by atoms with Gasteiger partial charge in [-0.3, -0.25) is 4.79 Å². The van der Waals surface area contributed by atoms with Crippen LogP contribution in [0.2, 0.25) is 0 Å². The molecule has 0 aliphatic heterocycles. The highest BCUT2D eigenvalue weighted by atomic mass is 16.3. The molecule has 0 fully saturated rings. The molecule has 1 aromatic heterocycles. The maximum Gasteiger partial charge on any atom is 0.291 e. The molecule has 0 aliphatic rings. The van der Waals surface area contributed by atoms with E-state index in [1.807, 2.05) is 30.3 Å². The van der Waals surface area contributed by atoms with Crippen molar-refractivity contribution in [1.29, 1.82) is 0 Å². The van der Waals surface area contributed by atoms with Crippen LogP contribution in [-0.2, 0) is 6.42 Å². The number of hydrogen-bond donors (Lipinski definition) is 1. The first-order chi connectivity index (χ1) is 14.8. The van der Waals surface area contributed by atoms with Gasteiger partial charge in [-0.05, 0) is 118 Å². The standard InChI is InChI=1S/C27H34N2O2/c1-8-29(9-2)23-12-10-22(11-13-23)28-27(30)26-15-14-24(31-26)16-25-20(6)18(4)17(3)19(5)21(25)7/h10-15H,8-9,16H2,1-7H3,(H,28,30). The van der Waals surface area contributed by atoms with E-state index in [0.717, 1.165) is 30.2 Å². The number of benzene rings is 2. The minimum atomic E-state index is -0.230. The monoisotopic (exact) mass is 418 g/mol. The number of nitrogens with one attached hydrogen (secondary N) is 1. The fraction of sp³-hybridized carbons (Fsp3) is 0.370. The summed E-state index contributed by atoms with van der Waals surface area (Å²) in [5.74, 6) is 0.904. The van der Waals surface area contributed by atoms with Crippen LogP contribution in [0.4, 0.5) is 11.4 Å². The summed E-state index contributed by atoms with van der Waals surface area (Å²) in [5, 5.41) is 2.93. The van der Waals surface area contributed by atoms with Gasteiger partial charge in [0.15, 0.2) is 5.76 Å². The van der Waals surface area contributed by atoms with Crippen molar-refractivity contribution in [3.05, 3.63) is 81.3 Å². The summed E-state index contributed by atoms with van der Waals surface area (Å²) in [6.07, 6.45) is 0.686. The van der Waals surface area contributed by atoms with Crippen LogP contribution >= 0.6 is 0 Å². The summed E-state index contributed by atoms with van der Waals surface area (Å²) in [5.41, 5.74) is 9.81. The molecule has 1 heterocycles. The first-order valence-electron chi connectivity index (χ1n) is 11.1. The number of carbonyl (C=O) groups is 1. The number of anilines is 2. The van der Waals surface area contributed by atoms with Crippen molar-refractivity contribution in [3.63, 3.8) is 0 Å². The van der Waals surface area contributed by atoms with Gasteiger partial charge in [-0.2, -0.15) is 0 Å². The third-order valence-electron chi connectivity index (χ3n) is 6.65. The molecule has 164 valence electrons. The van der Waals surface area contributed by atoms with E-state index in [0.29, 0.717) is 12.2 Å². The zero-order chi connectivity index (χ0) is 22.7. The molecule has 3 aromatic rings. The van der Waals surface area contributed by atoms with E-state index in [2.05, 4.69) is 58.7 Å². The fourth-order valence-corrected chi connectivity index (χ4v) is 4.15. The highest BCUT2D eigenvalue weighted by Crippen LogP contribution is 2.28. The minimum absolute atomic E-state index is 0.230. The molecular weight excluding hydrogens is 384 g/mol. The van der Waals surface area contributed by atoms with Crippen molar-refractivity contribution in [2.75, 3.05) is 23.3 Å². The number of nitrogens with zero attached hydrogens (tertiary/aromatic N) is 1. The Morgan fingerprint density at radius 3 is 1.90 bits per heavy atom. The van der Waals surface area contributed by atoms with Crippen LogP contribution in [0.15, 0.2) is 40.8 Å². The Kier molecular flexibility index (Phi) is 6.89. The van der Waals surface area contributed by atoms with Gasteiger partial charge in [0, 0.05) is 30.9 Å². The van der Waals surface area contributed by atoms with E-state index in [1.54, 1.807) is 6.07 Å². The summed E-state index contributed by atoms with van der Waals surface area (Å²) in [7, 11) is 0. The predicted molar refractivity (Wildman–Crippen MR) is 130 cm³/mol. The molecule has 0 atom stereocenters. The molecule has 2 aromatic carbocycles. The zero-order valence-corrected chi connectivity index (χ0v) is 19.8. The largest absolute Gasteiger partial charge is 0.456 e. The Morgan fingerprint density at radius 1 is 0.806 bits per heavy atom. The topological polar surface area (TPSA) is 45.5 Å². The van der Waals surface area contributed by atoms with Crippen LogP contribution in [0.1, 0.15) is 63.5 Å². The van der Waals surface area contributed by atoms with Gasteiger partial charge in [0.2, 0.25) is 0 Å². The third-order valence-corrected chi connectivity index (χ3v) is 6.65. The van der Waals surface area contributed by atoms with Gasteiger partial charge in [-0.15, -0.1) is 0 Å². The lowest BCUT2D eigenvalue weighted by Crippen LogP contribution is -2.21. The third kappa shape index (κ3) is 4.68. The molecule has 1 N–H and O–H groups in total. The molecule has 0 bridgehead atoms. The number of rotatable bonds is 7. The van der Waals surface area contributed by atoms with E-state index in [9.17, 15) is 4.79 Å². The van der Waals surface area contributed by atoms with E-state index >= 15 is 0 Å². The van der Waals surface area contributed by atoms with Crippen molar-refractivity contribution in [2.24, 2.45) is 0 Å². The van der Waals surface area contributed by atoms with Crippen LogP contribution < -0.4 is 10.2 Å². The smallest absolute Gasteiger partial charge is 0.291 e. The van der Waals surface area contributed by atoms with Crippen LogP contribution in [-0.4, -0.2) is 19.0 Å². The Bertz CT molecular complexity index is 1040. The Hall–Kier alpha value is -3.01. The average Bonchev–Trinajstić information content (AvgIpc) is 3.25. The van der Waals surface area contributed by atoms with Crippen molar-refractivity contribution in [3.8, 4) is 0 Å². The Morgan fingerprint density at radius 2 is 1.35 bits per heavy atom. The second kappa shape index (κ2) is 9.42. The van der Waals surface area contributed by atoms with Gasteiger partial charge >= 0.3 is 0 Å². The van der Waals surface area contributed by atoms with Gasteiger partial charge in [0.1, 0.15) is 5.76 Å². The predicted octanol–water partition coefficient (Wildman–Crippen LogP) is 6.51. The molecule has 4 nitrogen and oxygen atoms in total. The Balaban J connectivity index is 1.74. The van der Waals surface area contributed by atoms with Crippen molar-refractivity contribution in [2.45, 2.75) is 54.9 Å². The van der Waals surface area contributed by atoms with Crippen LogP contribution in [0.3, 0.4) is 0 Å². The summed E-state index contributed by atoms with van der Waals surface area (Å²) in [4.78, 5) is 14.9. The molecule has 0 unspecified atom stereocenters. The van der Waals surface area contributed by atoms with E-state index in [-0.39, 0.29) is 5.91 Å². The summed E-state index contributed by atoms with van der Waals surface area (Å²) in [6, 6.07) is 11.6. The number of carbonyl (C=O) groups excluding carboxylic acids is 1. The second-order valence-electron chi connectivity index (χ2n) is 8.22. The van der Waals surface area contributed by atoms with Crippen LogP contribution in [0, 0.1) is 34.6 Å². The molecule has 4 heteroatoms. The zero-order valence-electron chi connectivity index (χ0n) is 19.8. The molecular formula is C27H34N2O2. The second-order valence-corrected chi connectivity index (χ2v) is 8.22. The van der Waals surface area contributed by atoms with Crippen molar-refractivity contribution in [1.82, 2.24) is 0 Å². The normalized spacial score (nSPS) is 10.9. The van der Waals surface area contributed by atoms with Gasteiger partial charge in [0.05, 0.1) is 0 Å². The van der Waals surface area contributed by atoms with Gasteiger partial charge in [0.25, 0.3) is 5.91 Å². The molecule has 0 spiro atoms. The lowest BCUT2D eigenvalue weighted by Gasteiger charge is -2.21. The first kappa shape index (κ1) is 22.7. The van der Waals surface area contributed by atoms with Gasteiger partial charge in [-0.25, -0.2) is 0 Å². The van der Waals surface area contributed by atoms with E-state index in [4.69, 9.17) is 4.42 Å². The van der Waals surface area contributed by atoms with E-state index in [1.165, 1.54) is 33.4 Å². The molecule has 0 radical (unpaired) electrons. The summed E-state index contributed by atoms with van der Waals surface area (Å²) >= 11 is 0. The molecule has 0 saturated carbocycles. The number of furan rings is 1. The Labute approximate surface area is 186 Å². The van der Waals surface area contributed by atoms with Crippen molar-refractivity contribution >= 4 is 17.3 Å². The molecule has 3 rings (SSSR count). The fourth-order valence-electron chi connectivity index (χ4n) is 4.15. The molecule has 0 aliphatic carbocycles. The highest BCUT2D eigenvalue weighted by molar-refractivity contribution is 6.02. The van der Waals surface area contributed by atoms with E-state index < -0.39 is 0 Å². The quantitative estimate of drug-likeness (QED) is 0.476. The number of amides is 1. The first-order valence-corrected chi connectivity index (χ1v) is 11.1. The van der Waals surface area contributed by atoms with Crippen LogP contribution in [0.5, 0.6) is 0 Å². The molecule has 1 amide bonds. The van der Waals surface area contributed by atoms with Gasteiger partial charge in [-0.1, -0.05) is 0 Å². The maximum atomic E-state index is 12.7. The SMILES string of the molecule is CCN(CC)c1ccc(NC(=O)c2ccc(Cc3c(C)c(C)c(C)c(C)c3C)o2)cc1.